The Kier molecular flexibility index (Phi) is 6.78. The Morgan fingerprint density at radius 1 is 1.03 bits per heavy atom. The average Bonchev–Trinajstić information content (AvgIpc) is 3.36. The molecule has 2 saturated heterocycles. The van der Waals surface area contributed by atoms with Crippen molar-refractivity contribution in [3.63, 3.8) is 0 Å². The van der Waals surface area contributed by atoms with E-state index in [0.717, 1.165) is 11.3 Å². The number of rotatable bonds is 6. The number of hydrogen-bond acceptors (Lipinski definition) is 9. The van der Waals surface area contributed by atoms with E-state index in [2.05, 4.69) is 10.6 Å². The van der Waals surface area contributed by atoms with E-state index < -0.39 is 34.1 Å². The predicted molar refractivity (Wildman–Crippen MR) is 131 cm³/mol. The number of hydrogen-bond donors (Lipinski definition) is 2. The zero-order valence-electron chi connectivity index (χ0n) is 20.2. The lowest BCUT2D eigenvalue weighted by Gasteiger charge is -2.33. The summed E-state index contributed by atoms with van der Waals surface area (Å²) in [5.41, 5.74) is 1.92. The molecule has 0 spiro atoms. The lowest BCUT2D eigenvalue weighted by molar-refractivity contribution is -0.134. The average molecular weight is 530 g/mol. The van der Waals surface area contributed by atoms with E-state index in [1.54, 1.807) is 36.4 Å². The van der Waals surface area contributed by atoms with Gasteiger partial charge in [-0.25, -0.2) is 0 Å². The molecule has 0 bridgehead atoms. The third kappa shape index (κ3) is 5.25. The summed E-state index contributed by atoms with van der Waals surface area (Å²) in [6.07, 6.45) is 0.896. The smallest absolute Gasteiger partial charge is 0.297 e. The van der Waals surface area contributed by atoms with Gasteiger partial charge < -0.3 is 19.7 Å². The van der Waals surface area contributed by atoms with Crippen molar-refractivity contribution in [1.29, 1.82) is 0 Å². The van der Waals surface area contributed by atoms with Gasteiger partial charge in [0.05, 0.1) is 22.3 Å². The van der Waals surface area contributed by atoms with E-state index in [0.29, 0.717) is 31.7 Å². The molecule has 3 aliphatic rings. The molecule has 2 N–H and O–H groups in total. The number of piperidine rings is 2. The SMILES string of the molecule is Cc1ccc(S(=O)(=O)OC2CCN(c3ccc(C(=O)NC4CCC(=O)NC4=O)c4c3OCO4)CC2)cc1. The fourth-order valence-corrected chi connectivity index (χ4v) is 5.74. The minimum atomic E-state index is -3.86. The first-order chi connectivity index (χ1) is 17.7. The number of nitrogens with one attached hydrogen (secondary N) is 2. The second-order valence-corrected chi connectivity index (χ2v) is 10.8. The van der Waals surface area contributed by atoms with E-state index in [1.807, 2.05) is 11.8 Å². The van der Waals surface area contributed by atoms with Crippen LogP contribution >= 0.6 is 0 Å². The summed E-state index contributed by atoms with van der Waals surface area (Å²) in [5, 5.41) is 4.87. The molecule has 2 fully saturated rings. The molecule has 1 unspecified atom stereocenters. The first-order valence-electron chi connectivity index (χ1n) is 12.0. The molecule has 11 nitrogen and oxygen atoms in total. The highest BCUT2D eigenvalue weighted by molar-refractivity contribution is 7.86. The Hall–Kier alpha value is -3.64. The normalized spacial score (nSPS) is 20.0. The molecule has 0 saturated carbocycles. The van der Waals surface area contributed by atoms with Crippen molar-refractivity contribution in [3.05, 3.63) is 47.5 Å². The zero-order valence-corrected chi connectivity index (χ0v) is 21.0. The molecule has 1 atom stereocenters. The summed E-state index contributed by atoms with van der Waals surface area (Å²) in [7, 11) is -3.86. The Bertz CT molecular complexity index is 1330. The fraction of sp³-hybridized carbons (Fsp3) is 0.400. The minimum absolute atomic E-state index is 0.0561. The van der Waals surface area contributed by atoms with Crippen LogP contribution in [0.25, 0.3) is 0 Å². The number of benzene rings is 2. The van der Waals surface area contributed by atoms with Gasteiger partial charge in [0.2, 0.25) is 18.6 Å². The molecule has 12 heteroatoms. The Morgan fingerprint density at radius 3 is 2.43 bits per heavy atom. The third-order valence-electron chi connectivity index (χ3n) is 6.64. The number of aryl methyl sites for hydroxylation is 1. The number of imide groups is 1. The second kappa shape index (κ2) is 10.0. The number of nitrogens with zero attached hydrogens (tertiary/aromatic N) is 1. The number of carbonyl (C=O) groups excluding carboxylic acids is 3. The van der Waals surface area contributed by atoms with Crippen molar-refractivity contribution in [2.45, 2.75) is 49.6 Å². The summed E-state index contributed by atoms with van der Waals surface area (Å²) in [5.74, 6) is -0.703. The van der Waals surface area contributed by atoms with Crippen LogP contribution in [0.15, 0.2) is 41.3 Å². The van der Waals surface area contributed by atoms with Gasteiger partial charge in [0.1, 0.15) is 6.04 Å². The monoisotopic (exact) mass is 529 g/mol. The Morgan fingerprint density at radius 2 is 1.73 bits per heavy atom. The van der Waals surface area contributed by atoms with Crippen LogP contribution in [0.3, 0.4) is 0 Å². The van der Waals surface area contributed by atoms with Gasteiger partial charge in [0.15, 0.2) is 11.5 Å². The molecule has 0 aromatic heterocycles. The van der Waals surface area contributed by atoms with Gasteiger partial charge in [-0.05, 0) is 50.5 Å². The highest BCUT2D eigenvalue weighted by Gasteiger charge is 2.33. The van der Waals surface area contributed by atoms with E-state index in [-0.39, 0.29) is 41.8 Å². The lowest BCUT2D eigenvalue weighted by Crippen LogP contribution is -2.52. The molecule has 3 aliphatic heterocycles. The summed E-state index contributed by atoms with van der Waals surface area (Å²) in [6, 6.07) is 9.09. The molecule has 37 heavy (non-hydrogen) atoms. The molecular weight excluding hydrogens is 502 g/mol. The number of anilines is 1. The summed E-state index contributed by atoms with van der Waals surface area (Å²) in [4.78, 5) is 38.4. The predicted octanol–water partition coefficient (Wildman–Crippen LogP) is 1.63. The van der Waals surface area contributed by atoms with Crippen molar-refractivity contribution in [3.8, 4) is 11.5 Å². The van der Waals surface area contributed by atoms with Gasteiger partial charge in [0, 0.05) is 19.5 Å². The summed E-state index contributed by atoms with van der Waals surface area (Å²) in [6.45, 7) is 2.87. The van der Waals surface area contributed by atoms with E-state index in [4.69, 9.17) is 13.7 Å². The van der Waals surface area contributed by atoms with Crippen LogP contribution in [-0.2, 0) is 23.9 Å². The molecule has 5 rings (SSSR count). The molecule has 2 aromatic carbocycles. The Balaban J connectivity index is 1.24. The van der Waals surface area contributed by atoms with Gasteiger partial charge in [-0.2, -0.15) is 8.42 Å². The van der Waals surface area contributed by atoms with Crippen LogP contribution in [0.4, 0.5) is 5.69 Å². The van der Waals surface area contributed by atoms with Crippen LogP contribution in [0, 0.1) is 6.92 Å². The van der Waals surface area contributed by atoms with Crippen LogP contribution < -0.4 is 25.0 Å². The van der Waals surface area contributed by atoms with Crippen LogP contribution in [-0.4, -0.2) is 58.2 Å². The lowest BCUT2D eigenvalue weighted by atomic mass is 10.0. The number of carbonyl (C=O) groups is 3. The third-order valence-corrected chi connectivity index (χ3v) is 8.02. The Labute approximate surface area is 214 Å². The number of ether oxygens (including phenoxy) is 2. The van der Waals surface area contributed by atoms with Crippen LogP contribution in [0.2, 0.25) is 0 Å². The van der Waals surface area contributed by atoms with Crippen molar-refractivity contribution < 1.29 is 36.5 Å². The van der Waals surface area contributed by atoms with Gasteiger partial charge >= 0.3 is 0 Å². The summed E-state index contributed by atoms with van der Waals surface area (Å²) >= 11 is 0. The molecular formula is C25H27N3O8S. The molecule has 0 radical (unpaired) electrons. The first kappa shape index (κ1) is 25.0. The molecule has 3 amide bonds. The quantitative estimate of drug-likeness (QED) is 0.422. The van der Waals surface area contributed by atoms with Gasteiger partial charge in [-0.1, -0.05) is 17.7 Å². The van der Waals surface area contributed by atoms with Crippen LogP contribution in [0.5, 0.6) is 11.5 Å². The molecule has 2 aromatic rings. The number of amides is 3. The highest BCUT2D eigenvalue weighted by atomic mass is 32.2. The van der Waals surface area contributed by atoms with Gasteiger partial charge in [-0.3, -0.25) is 23.9 Å². The van der Waals surface area contributed by atoms with Crippen molar-refractivity contribution in [2.75, 3.05) is 24.8 Å². The summed E-state index contributed by atoms with van der Waals surface area (Å²) < 4.78 is 42.1. The van der Waals surface area contributed by atoms with E-state index in [1.165, 1.54) is 0 Å². The second-order valence-electron chi connectivity index (χ2n) is 9.22. The topological polar surface area (TPSA) is 140 Å². The van der Waals surface area contributed by atoms with Crippen LogP contribution in [0.1, 0.15) is 41.6 Å². The maximum absolute atomic E-state index is 12.9. The van der Waals surface area contributed by atoms with Gasteiger partial charge in [0.25, 0.3) is 16.0 Å². The maximum atomic E-state index is 12.9. The number of fused-ring (bicyclic) bond motifs is 1. The van der Waals surface area contributed by atoms with Crippen molar-refractivity contribution in [2.24, 2.45) is 0 Å². The van der Waals surface area contributed by atoms with E-state index in [9.17, 15) is 22.8 Å². The van der Waals surface area contributed by atoms with E-state index >= 15 is 0 Å². The maximum Gasteiger partial charge on any atom is 0.297 e. The molecule has 3 heterocycles. The first-order valence-corrected chi connectivity index (χ1v) is 13.4. The van der Waals surface area contributed by atoms with Crippen molar-refractivity contribution in [1.82, 2.24) is 10.6 Å². The zero-order chi connectivity index (χ0) is 26.2. The van der Waals surface area contributed by atoms with Gasteiger partial charge in [-0.15, -0.1) is 0 Å². The highest BCUT2D eigenvalue weighted by Crippen LogP contribution is 2.44. The minimum Gasteiger partial charge on any atom is -0.453 e. The molecule has 0 aliphatic carbocycles. The fourth-order valence-electron chi connectivity index (χ4n) is 4.61. The van der Waals surface area contributed by atoms with Crippen molar-refractivity contribution >= 4 is 33.5 Å². The largest absolute Gasteiger partial charge is 0.453 e. The molecule has 196 valence electrons. The standard InChI is InChI=1S/C25H27N3O8S/c1-15-2-4-17(5-3-15)37(32,33)36-16-10-12-28(13-11-16)20-8-6-18(22-23(20)35-14-34-22)24(30)26-19-7-9-21(29)27-25(19)31/h2-6,8,16,19H,7,9-14H2,1H3,(H,26,30)(H,27,29,31).